The predicted molar refractivity (Wildman–Crippen MR) is 27.9 cm³/mol. The molecule has 9 heavy (non-hydrogen) atoms. The smallest absolute Gasteiger partial charge is 0.126 e. The van der Waals surface area contributed by atoms with Gasteiger partial charge < -0.3 is 9.94 Å². The Morgan fingerprint density at radius 3 is 3.11 bits per heavy atom. The molecule has 1 aromatic heterocycles. The van der Waals surface area contributed by atoms with Crippen molar-refractivity contribution in [2.24, 2.45) is 0 Å². The van der Waals surface area contributed by atoms with Gasteiger partial charge in [-0.1, -0.05) is 4.85 Å². The van der Waals surface area contributed by atoms with Gasteiger partial charge in [0.05, 0.1) is 12.8 Å². The van der Waals surface area contributed by atoms with Gasteiger partial charge in [0.15, 0.2) is 0 Å². The van der Waals surface area contributed by atoms with Gasteiger partial charge in [0.25, 0.3) is 0 Å². The van der Waals surface area contributed by atoms with E-state index in [9.17, 15) is 0 Å². The van der Waals surface area contributed by atoms with Crippen LogP contribution in [0.2, 0.25) is 0 Å². The number of nitrogens with zero attached hydrogens (tertiary/aromatic N) is 3. The zero-order valence-corrected chi connectivity index (χ0v) is 4.98. The highest BCUT2D eigenvalue weighted by atomic mass is 16.5. The molecule has 0 aliphatic heterocycles. The van der Waals surface area contributed by atoms with Crippen LogP contribution in [0.4, 0.5) is 0 Å². The van der Waals surface area contributed by atoms with Crippen LogP contribution in [0.5, 0.6) is 0 Å². The molecule has 1 N–H and O–H groups in total. The maximum absolute atomic E-state index is 8.74. The van der Waals surface area contributed by atoms with Crippen molar-refractivity contribution in [3.8, 4) is 0 Å². The normalized spacial score (nSPS) is 9.89. The average Bonchev–Trinajstić information content (AvgIpc) is 2.18. The predicted octanol–water partition coefficient (Wildman–Crippen LogP) is -0.338. The van der Waals surface area contributed by atoms with Gasteiger partial charge in [-0.3, -0.25) is 0 Å². The van der Waals surface area contributed by atoms with Crippen molar-refractivity contribution in [2.45, 2.75) is 6.61 Å². The van der Waals surface area contributed by atoms with Gasteiger partial charge in [0.2, 0.25) is 0 Å². The minimum absolute atomic E-state index is 0.323. The van der Waals surface area contributed by atoms with E-state index in [0.717, 1.165) is 0 Å². The molecule has 1 aromatic rings. The van der Waals surface area contributed by atoms with Crippen LogP contribution in [0.25, 0.3) is 0 Å². The van der Waals surface area contributed by atoms with E-state index in [4.69, 9.17) is 9.94 Å². The Morgan fingerprint density at radius 1 is 1.89 bits per heavy atom. The molecule has 0 radical (unpaired) electrons. The lowest BCUT2D eigenvalue weighted by molar-refractivity contribution is 0.103. The van der Waals surface area contributed by atoms with Gasteiger partial charge in [0.1, 0.15) is 5.69 Å². The Hall–Kier alpha value is -1.10. The lowest BCUT2D eigenvalue weighted by Gasteiger charge is -1.93. The lowest BCUT2D eigenvalue weighted by atomic mass is 10.5. The Balaban J connectivity index is 2.69. The van der Waals surface area contributed by atoms with Crippen LogP contribution in [-0.4, -0.2) is 27.5 Å². The second-order valence-corrected chi connectivity index (χ2v) is 1.55. The minimum Gasteiger partial charge on any atom is -0.410 e. The van der Waals surface area contributed by atoms with Gasteiger partial charge in [-0.2, -0.15) is 0 Å². The molecular formula is C4H7N3O2. The molecule has 0 aliphatic carbocycles. The van der Waals surface area contributed by atoms with Gasteiger partial charge in [0, 0.05) is 7.11 Å². The Kier molecular flexibility index (Phi) is 1.64. The number of ether oxygens (including phenoxy) is 1. The first-order valence-corrected chi connectivity index (χ1v) is 2.42. The molecule has 0 fully saturated rings. The van der Waals surface area contributed by atoms with Crippen molar-refractivity contribution in [1.29, 1.82) is 0 Å². The summed E-state index contributed by atoms with van der Waals surface area (Å²) in [5, 5.41) is 15.4. The quantitative estimate of drug-likeness (QED) is 0.555. The number of hydrogen-bond acceptors (Lipinski definition) is 4. The monoisotopic (exact) mass is 129 g/mol. The first-order valence-electron chi connectivity index (χ1n) is 2.42. The van der Waals surface area contributed by atoms with Crippen LogP contribution in [0.15, 0.2) is 6.20 Å². The van der Waals surface area contributed by atoms with Gasteiger partial charge in [-0.15, -0.1) is 5.10 Å². The topological polar surface area (TPSA) is 60.2 Å². The standard InChI is InChI=1S/C4H7N3O2/c1-9-3-4-2-5-6-7(4)8/h2,8H,3H2,1H3. The zero-order chi connectivity index (χ0) is 6.69. The molecule has 0 unspecified atom stereocenters. The van der Waals surface area contributed by atoms with Crippen molar-refractivity contribution >= 4 is 0 Å². The van der Waals surface area contributed by atoms with E-state index in [1.807, 2.05) is 0 Å². The molecule has 0 atom stereocenters. The highest BCUT2D eigenvalue weighted by Gasteiger charge is 1.98. The molecule has 1 rings (SSSR count). The van der Waals surface area contributed by atoms with E-state index in [2.05, 4.69) is 10.3 Å². The van der Waals surface area contributed by atoms with Gasteiger partial charge in [-0.25, -0.2) is 0 Å². The summed E-state index contributed by atoms with van der Waals surface area (Å²) < 4.78 is 4.71. The van der Waals surface area contributed by atoms with E-state index in [1.54, 1.807) is 0 Å². The summed E-state index contributed by atoms with van der Waals surface area (Å²) in [5.41, 5.74) is 0.539. The molecule has 5 nitrogen and oxygen atoms in total. The molecule has 0 saturated carbocycles. The highest BCUT2D eigenvalue weighted by molar-refractivity contribution is 4.88. The fraction of sp³-hybridized carbons (Fsp3) is 0.500. The van der Waals surface area contributed by atoms with E-state index < -0.39 is 0 Å². The molecule has 5 heteroatoms. The third-order valence-electron chi connectivity index (χ3n) is 0.892. The van der Waals surface area contributed by atoms with Crippen molar-refractivity contribution < 1.29 is 9.94 Å². The number of methoxy groups -OCH3 is 1. The first-order chi connectivity index (χ1) is 4.34. The second-order valence-electron chi connectivity index (χ2n) is 1.55. The minimum atomic E-state index is 0.323. The summed E-state index contributed by atoms with van der Waals surface area (Å²) in [7, 11) is 1.53. The first kappa shape index (κ1) is 6.03. The SMILES string of the molecule is COCc1cnnn1O. The van der Waals surface area contributed by atoms with Crippen molar-refractivity contribution in [1.82, 2.24) is 15.2 Å². The molecule has 50 valence electrons. The summed E-state index contributed by atoms with van der Waals surface area (Å²) in [5.74, 6) is 0. The Morgan fingerprint density at radius 2 is 2.67 bits per heavy atom. The number of aromatic nitrogens is 3. The Labute approximate surface area is 51.8 Å². The van der Waals surface area contributed by atoms with Crippen LogP contribution in [0, 0.1) is 0 Å². The van der Waals surface area contributed by atoms with Crippen LogP contribution in [-0.2, 0) is 11.3 Å². The van der Waals surface area contributed by atoms with Crippen LogP contribution >= 0.6 is 0 Å². The van der Waals surface area contributed by atoms with Crippen LogP contribution < -0.4 is 0 Å². The molecule has 0 aromatic carbocycles. The average molecular weight is 129 g/mol. The second kappa shape index (κ2) is 2.45. The van der Waals surface area contributed by atoms with Gasteiger partial charge in [-0.05, 0) is 5.21 Å². The van der Waals surface area contributed by atoms with E-state index in [1.165, 1.54) is 13.3 Å². The summed E-state index contributed by atoms with van der Waals surface area (Å²) in [4.78, 5) is 0.684. The summed E-state index contributed by atoms with van der Waals surface area (Å²) in [6.45, 7) is 0.323. The van der Waals surface area contributed by atoms with Crippen LogP contribution in [0.3, 0.4) is 0 Å². The maximum Gasteiger partial charge on any atom is 0.126 e. The van der Waals surface area contributed by atoms with E-state index in [-0.39, 0.29) is 0 Å². The molecule has 0 bridgehead atoms. The van der Waals surface area contributed by atoms with Crippen molar-refractivity contribution in [2.75, 3.05) is 7.11 Å². The molecule has 0 aliphatic rings. The number of rotatable bonds is 2. The lowest BCUT2D eigenvalue weighted by Crippen LogP contribution is -2.00. The van der Waals surface area contributed by atoms with E-state index >= 15 is 0 Å². The van der Waals surface area contributed by atoms with Gasteiger partial charge >= 0.3 is 0 Å². The highest BCUT2D eigenvalue weighted by Crippen LogP contribution is 1.92. The fourth-order valence-corrected chi connectivity index (χ4v) is 0.493. The number of hydrogen-bond donors (Lipinski definition) is 1. The molecule has 0 saturated heterocycles. The van der Waals surface area contributed by atoms with Crippen molar-refractivity contribution in [3.05, 3.63) is 11.9 Å². The van der Waals surface area contributed by atoms with Crippen molar-refractivity contribution in [3.63, 3.8) is 0 Å². The Bertz CT molecular complexity index is 186. The largest absolute Gasteiger partial charge is 0.410 e. The summed E-state index contributed by atoms with van der Waals surface area (Å²) in [6.07, 6.45) is 1.43. The molecule has 0 spiro atoms. The fourth-order valence-electron chi connectivity index (χ4n) is 0.493. The zero-order valence-electron chi connectivity index (χ0n) is 4.98. The summed E-state index contributed by atoms with van der Waals surface area (Å²) in [6, 6.07) is 0. The third-order valence-corrected chi connectivity index (χ3v) is 0.892. The van der Waals surface area contributed by atoms with Crippen LogP contribution in [0.1, 0.15) is 5.69 Å². The maximum atomic E-state index is 8.74. The summed E-state index contributed by atoms with van der Waals surface area (Å²) >= 11 is 0. The third kappa shape index (κ3) is 1.17. The molecular weight excluding hydrogens is 122 g/mol. The molecule has 1 heterocycles. The van der Waals surface area contributed by atoms with E-state index in [0.29, 0.717) is 17.1 Å². The molecule has 0 amide bonds.